The number of aryl methyl sites for hydroxylation is 2. The van der Waals surface area contributed by atoms with Gasteiger partial charge >= 0.3 is 0 Å². The van der Waals surface area contributed by atoms with E-state index in [1.165, 1.54) is 10.4 Å². The molecule has 1 amide bonds. The van der Waals surface area contributed by atoms with Crippen LogP contribution in [0, 0.1) is 13.8 Å². The predicted molar refractivity (Wildman–Crippen MR) is 109 cm³/mol. The van der Waals surface area contributed by atoms with Crippen molar-refractivity contribution in [2.75, 3.05) is 0 Å². The number of pyridine rings is 1. The van der Waals surface area contributed by atoms with E-state index in [2.05, 4.69) is 44.5 Å². The van der Waals surface area contributed by atoms with Gasteiger partial charge in [0, 0.05) is 16.5 Å². The van der Waals surface area contributed by atoms with Gasteiger partial charge in [-0.05, 0) is 70.5 Å². The quantitative estimate of drug-likeness (QED) is 0.713. The number of rotatable bonds is 4. The number of amides is 1. The smallest absolute Gasteiger partial charge is 0.252 e. The number of fused-ring (bicyclic) bond motifs is 1. The van der Waals surface area contributed by atoms with Gasteiger partial charge in [-0.2, -0.15) is 5.10 Å². The predicted octanol–water partition coefficient (Wildman–Crippen LogP) is 4.67. The summed E-state index contributed by atoms with van der Waals surface area (Å²) in [6, 6.07) is 4.07. The molecule has 0 spiro atoms. The molecular weight excluding hydrogens is 356 g/mol. The molecule has 1 saturated carbocycles. The maximum Gasteiger partial charge on any atom is 0.252 e. The standard InChI is InChI=1S/C21H26N4OS/c1-12-8-9-27-17(12)11-22-20(26)15-10-16(14-6-7-14)23-19-18(15)13(2)24-25(19)21(3,4)5/h8-10,14H,6-7,11H2,1-5H3,(H,22,26). The van der Waals surface area contributed by atoms with E-state index in [0.29, 0.717) is 18.0 Å². The third kappa shape index (κ3) is 3.38. The maximum atomic E-state index is 13.1. The highest BCUT2D eigenvalue weighted by molar-refractivity contribution is 7.10. The molecule has 3 heterocycles. The maximum absolute atomic E-state index is 13.1. The Morgan fingerprint density at radius 1 is 1.33 bits per heavy atom. The molecular formula is C21H26N4OS. The summed E-state index contributed by atoms with van der Waals surface area (Å²) in [5.74, 6) is 0.428. The highest BCUT2D eigenvalue weighted by Crippen LogP contribution is 2.41. The van der Waals surface area contributed by atoms with Crippen molar-refractivity contribution in [1.82, 2.24) is 20.1 Å². The lowest BCUT2D eigenvalue weighted by Crippen LogP contribution is -2.25. The third-order valence-corrected chi connectivity index (χ3v) is 6.11. The molecule has 0 aromatic carbocycles. The Labute approximate surface area is 163 Å². The number of thiophene rings is 1. The molecule has 27 heavy (non-hydrogen) atoms. The van der Waals surface area contributed by atoms with E-state index in [0.717, 1.165) is 35.3 Å². The van der Waals surface area contributed by atoms with Crippen molar-refractivity contribution in [2.45, 2.75) is 65.5 Å². The minimum absolute atomic E-state index is 0.0475. The van der Waals surface area contributed by atoms with Crippen molar-refractivity contribution < 1.29 is 4.79 Å². The number of hydrogen-bond donors (Lipinski definition) is 1. The Balaban J connectivity index is 1.77. The van der Waals surface area contributed by atoms with E-state index >= 15 is 0 Å². The normalized spacial score (nSPS) is 14.7. The first kappa shape index (κ1) is 18.2. The molecule has 3 aromatic rings. The summed E-state index contributed by atoms with van der Waals surface area (Å²) < 4.78 is 1.96. The van der Waals surface area contributed by atoms with Crippen molar-refractivity contribution in [1.29, 1.82) is 0 Å². The second kappa shape index (κ2) is 6.44. The summed E-state index contributed by atoms with van der Waals surface area (Å²) >= 11 is 1.68. The van der Waals surface area contributed by atoms with Crippen LogP contribution in [0.1, 0.15) is 71.7 Å². The Morgan fingerprint density at radius 3 is 2.67 bits per heavy atom. The molecule has 0 atom stereocenters. The van der Waals surface area contributed by atoms with Crippen LogP contribution >= 0.6 is 11.3 Å². The summed E-state index contributed by atoms with van der Waals surface area (Å²) in [5, 5.41) is 10.8. The fraction of sp³-hybridized carbons (Fsp3) is 0.476. The first-order valence-corrected chi connectivity index (χ1v) is 10.4. The number of carbonyl (C=O) groups is 1. The number of nitrogens with one attached hydrogen (secondary N) is 1. The van der Waals surface area contributed by atoms with E-state index in [4.69, 9.17) is 10.1 Å². The van der Waals surface area contributed by atoms with Gasteiger partial charge in [0.1, 0.15) is 0 Å². The van der Waals surface area contributed by atoms with E-state index in [1.54, 1.807) is 11.3 Å². The zero-order valence-corrected chi connectivity index (χ0v) is 17.4. The average molecular weight is 383 g/mol. The molecule has 0 saturated heterocycles. The van der Waals surface area contributed by atoms with Crippen LogP contribution in [0.5, 0.6) is 0 Å². The van der Waals surface area contributed by atoms with Gasteiger partial charge in [-0.1, -0.05) is 0 Å². The summed E-state index contributed by atoms with van der Waals surface area (Å²) in [7, 11) is 0. The van der Waals surface area contributed by atoms with Crippen molar-refractivity contribution in [3.63, 3.8) is 0 Å². The van der Waals surface area contributed by atoms with E-state index in [-0.39, 0.29) is 11.4 Å². The van der Waals surface area contributed by atoms with Gasteiger partial charge in [0.15, 0.2) is 5.65 Å². The lowest BCUT2D eigenvalue weighted by molar-refractivity contribution is 0.0952. The zero-order chi connectivity index (χ0) is 19.3. The van der Waals surface area contributed by atoms with Gasteiger partial charge in [0.2, 0.25) is 0 Å². The lowest BCUT2D eigenvalue weighted by Gasteiger charge is -2.20. The Hall–Kier alpha value is -2.21. The second-order valence-corrected chi connectivity index (χ2v) is 9.45. The molecule has 1 fully saturated rings. The van der Waals surface area contributed by atoms with Gasteiger partial charge < -0.3 is 5.32 Å². The zero-order valence-electron chi connectivity index (χ0n) is 16.6. The molecule has 3 aromatic heterocycles. The van der Waals surface area contributed by atoms with Gasteiger partial charge in [0.25, 0.3) is 5.91 Å². The molecule has 0 unspecified atom stereocenters. The fourth-order valence-corrected chi connectivity index (χ4v) is 4.23. The van der Waals surface area contributed by atoms with Gasteiger partial charge in [-0.15, -0.1) is 11.3 Å². The first-order chi connectivity index (χ1) is 12.8. The highest BCUT2D eigenvalue weighted by atomic mass is 32.1. The summed E-state index contributed by atoms with van der Waals surface area (Å²) in [6.07, 6.45) is 2.30. The molecule has 0 bridgehead atoms. The number of aromatic nitrogens is 3. The molecule has 1 aliphatic carbocycles. The van der Waals surface area contributed by atoms with Crippen LogP contribution in [0.3, 0.4) is 0 Å². The molecule has 142 valence electrons. The van der Waals surface area contributed by atoms with Crippen molar-refractivity contribution in [3.05, 3.63) is 44.9 Å². The SMILES string of the molecule is Cc1ccsc1CNC(=O)c1cc(C2CC2)nc2c1c(C)nn2C(C)(C)C. The Kier molecular flexibility index (Phi) is 4.34. The molecule has 1 N–H and O–H groups in total. The topological polar surface area (TPSA) is 59.8 Å². The van der Waals surface area contributed by atoms with Crippen LogP contribution in [0.25, 0.3) is 11.0 Å². The van der Waals surface area contributed by atoms with E-state index < -0.39 is 0 Å². The minimum atomic E-state index is -0.191. The molecule has 6 heteroatoms. The second-order valence-electron chi connectivity index (χ2n) is 8.45. The number of carbonyl (C=O) groups excluding carboxylic acids is 1. The third-order valence-electron chi connectivity index (χ3n) is 5.09. The molecule has 1 aliphatic rings. The monoisotopic (exact) mass is 382 g/mol. The van der Waals surface area contributed by atoms with Gasteiger partial charge in [-0.3, -0.25) is 4.79 Å². The number of hydrogen-bond acceptors (Lipinski definition) is 4. The van der Waals surface area contributed by atoms with Crippen molar-refractivity contribution in [2.24, 2.45) is 0 Å². The Morgan fingerprint density at radius 2 is 2.07 bits per heavy atom. The summed E-state index contributed by atoms with van der Waals surface area (Å²) in [4.78, 5) is 19.2. The summed E-state index contributed by atoms with van der Waals surface area (Å²) in [6.45, 7) is 10.9. The largest absolute Gasteiger partial charge is 0.347 e. The van der Waals surface area contributed by atoms with Crippen LogP contribution < -0.4 is 5.32 Å². The van der Waals surface area contributed by atoms with Gasteiger partial charge in [-0.25, -0.2) is 9.67 Å². The minimum Gasteiger partial charge on any atom is -0.347 e. The molecule has 0 aliphatic heterocycles. The van der Waals surface area contributed by atoms with Crippen LogP contribution in [-0.4, -0.2) is 20.7 Å². The summed E-state index contributed by atoms with van der Waals surface area (Å²) in [5.41, 5.74) is 4.42. The van der Waals surface area contributed by atoms with Crippen molar-refractivity contribution >= 4 is 28.3 Å². The van der Waals surface area contributed by atoms with E-state index in [9.17, 15) is 4.79 Å². The first-order valence-electron chi connectivity index (χ1n) is 9.47. The lowest BCUT2D eigenvalue weighted by atomic mass is 10.1. The Bertz CT molecular complexity index is 1020. The van der Waals surface area contributed by atoms with Crippen LogP contribution in [0.15, 0.2) is 17.5 Å². The fourth-order valence-electron chi connectivity index (χ4n) is 3.38. The molecule has 0 radical (unpaired) electrons. The van der Waals surface area contributed by atoms with Crippen LogP contribution in [0.4, 0.5) is 0 Å². The van der Waals surface area contributed by atoms with Gasteiger partial charge in [0.05, 0.1) is 28.7 Å². The van der Waals surface area contributed by atoms with Crippen LogP contribution in [0.2, 0.25) is 0 Å². The highest BCUT2D eigenvalue weighted by Gasteiger charge is 2.30. The molecule has 5 nitrogen and oxygen atoms in total. The average Bonchev–Trinajstić information content (AvgIpc) is 3.29. The number of nitrogens with zero attached hydrogens (tertiary/aromatic N) is 3. The van der Waals surface area contributed by atoms with Crippen LogP contribution in [-0.2, 0) is 12.1 Å². The molecule has 4 rings (SSSR count). The van der Waals surface area contributed by atoms with E-state index in [1.807, 2.05) is 17.7 Å². The van der Waals surface area contributed by atoms with Crippen molar-refractivity contribution in [3.8, 4) is 0 Å².